The van der Waals surface area contributed by atoms with Gasteiger partial charge in [-0.25, -0.2) is 0 Å². The quantitative estimate of drug-likeness (QED) is 0.361. The molecule has 1 rings (SSSR count). The summed E-state index contributed by atoms with van der Waals surface area (Å²) in [5, 5.41) is 10.7. The molecule has 0 aromatic heterocycles. The van der Waals surface area contributed by atoms with E-state index in [0.29, 0.717) is 19.8 Å². The lowest BCUT2D eigenvalue weighted by Gasteiger charge is -2.37. The van der Waals surface area contributed by atoms with E-state index < -0.39 is 14.4 Å². The van der Waals surface area contributed by atoms with Crippen LogP contribution >= 0.6 is 0 Å². The van der Waals surface area contributed by atoms with Gasteiger partial charge in [0.15, 0.2) is 8.32 Å². The van der Waals surface area contributed by atoms with Gasteiger partial charge in [0.2, 0.25) is 0 Å². The third kappa shape index (κ3) is 7.96. The largest absolute Gasteiger partial charge is 0.497 e. The average Bonchev–Trinajstić information content (AvgIpc) is 2.64. The second kappa shape index (κ2) is 11.0. The second-order valence-corrected chi connectivity index (χ2v) is 13.8. The van der Waals surface area contributed by atoms with E-state index >= 15 is 0 Å². The molecule has 0 fully saturated rings. The average molecular weight is 407 g/mol. The molecular formula is C23H38O4Si. The van der Waals surface area contributed by atoms with Gasteiger partial charge in [-0.3, -0.25) is 0 Å². The summed E-state index contributed by atoms with van der Waals surface area (Å²) in [4.78, 5) is 0. The Kier molecular flexibility index (Phi) is 9.72. The first-order valence-corrected chi connectivity index (χ1v) is 12.9. The summed E-state index contributed by atoms with van der Waals surface area (Å²) in [5.74, 6) is 6.88. The van der Waals surface area contributed by atoms with Crippen molar-refractivity contribution < 1.29 is 19.0 Å². The molecule has 0 aliphatic carbocycles. The van der Waals surface area contributed by atoms with Crippen LogP contribution in [0.1, 0.15) is 40.2 Å². The minimum atomic E-state index is -1.80. The lowest BCUT2D eigenvalue weighted by Crippen LogP contribution is -2.43. The molecule has 1 aromatic carbocycles. The molecular weight excluding hydrogens is 368 g/mol. The van der Waals surface area contributed by atoms with Gasteiger partial charge >= 0.3 is 0 Å². The highest BCUT2D eigenvalue weighted by molar-refractivity contribution is 6.74. The molecule has 0 unspecified atom stereocenters. The van der Waals surface area contributed by atoms with Crippen LogP contribution in [0.4, 0.5) is 0 Å². The maximum absolute atomic E-state index is 10.6. The number of hydrogen-bond donors (Lipinski definition) is 1. The first-order valence-electron chi connectivity index (χ1n) is 9.99. The van der Waals surface area contributed by atoms with Gasteiger partial charge in [0.25, 0.3) is 0 Å². The van der Waals surface area contributed by atoms with Crippen LogP contribution in [0, 0.1) is 23.7 Å². The van der Waals surface area contributed by atoms with Crippen LogP contribution in [0.2, 0.25) is 18.1 Å². The molecule has 1 N–H and O–H groups in total. The Morgan fingerprint density at radius 3 is 2.25 bits per heavy atom. The van der Waals surface area contributed by atoms with Crippen LogP contribution < -0.4 is 4.74 Å². The molecule has 4 nitrogen and oxygen atoms in total. The summed E-state index contributed by atoms with van der Waals surface area (Å²) in [7, 11) is -0.148. The van der Waals surface area contributed by atoms with Gasteiger partial charge < -0.3 is 19.0 Å². The number of methoxy groups -OCH3 is 1. The van der Waals surface area contributed by atoms with Crippen LogP contribution in [-0.2, 0) is 15.8 Å². The molecule has 0 spiro atoms. The zero-order valence-corrected chi connectivity index (χ0v) is 19.8. The van der Waals surface area contributed by atoms with E-state index in [9.17, 15) is 5.11 Å². The van der Waals surface area contributed by atoms with E-state index in [-0.39, 0.29) is 16.9 Å². The highest BCUT2D eigenvalue weighted by Gasteiger charge is 2.37. The topological polar surface area (TPSA) is 47.9 Å². The third-order valence-electron chi connectivity index (χ3n) is 5.54. The highest BCUT2D eigenvalue weighted by atomic mass is 28.4. The molecule has 158 valence electrons. The number of ether oxygens (including phenoxy) is 2. The number of hydrogen-bond acceptors (Lipinski definition) is 4. The van der Waals surface area contributed by atoms with Gasteiger partial charge in [-0.15, -0.1) is 0 Å². The summed E-state index contributed by atoms with van der Waals surface area (Å²) in [5.41, 5.74) is 1.08. The fraction of sp³-hybridized carbons (Fsp3) is 0.652. The van der Waals surface area contributed by atoms with E-state index in [1.165, 1.54) is 0 Å². The van der Waals surface area contributed by atoms with E-state index in [2.05, 4.69) is 45.7 Å². The van der Waals surface area contributed by atoms with Gasteiger partial charge in [-0.05, 0) is 42.8 Å². The minimum absolute atomic E-state index is 0.0404. The monoisotopic (exact) mass is 406 g/mol. The Bertz CT molecular complexity index is 637. The fourth-order valence-electron chi connectivity index (χ4n) is 2.38. The Morgan fingerprint density at radius 2 is 1.71 bits per heavy atom. The summed E-state index contributed by atoms with van der Waals surface area (Å²) < 4.78 is 17.0. The lowest BCUT2D eigenvalue weighted by molar-refractivity contribution is 0.0565. The number of rotatable bonds is 9. The summed E-state index contributed by atoms with van der Waals surface area (Å²) in [6.07, 6.45) is -0.515. The third-order valence-corrected chi connectivity index (χ3v) is 10.0. The molecule has 0 saturated carbocycles. The Morgan fingerprint density at radius 1 is 1.11 bits per heavy atom. The number of aliphatic hydroxyl groups is 1. The Balaban J connectivity index is 2.39. The van der Waals surface area contributed by atoms with E-state index in [1.54, 1.807) is 7.11 Å². The van der Waals surface area contributed by atoms with Crippen LogP contribution in [0.15, 0.2) is 24.3 Å². The first-order chi connectivity index (χ1) is 13.0. The minimum Gasteiger partial charge on any atom is -0.497 e. The number of aliphatic hydroxyl groups excluding tert-OH is 1. The van der Waals surface area contributed by atoms with Crippen molar-refractivity contribution >= 4 is 8.32 Å². The van der Waals surface area contributed by atoms with Gasteiger partial charge in [-0.2, -0.15) is 0 Å². The molecule has 5 heteroatoms. The molecule has 0 amide bonds. The molecule has 1 aromatic rings. The Hall–Kier alpha value is -1.32. The standard InChI is InChI=1S/C23H38O4Si/c1-18(22(24)19(2)16-27-28(7,8)23(3,4)5)10-9-15-26-17-20-11-13-21(25-6)14-12-20/h11-14,18-19,22,24H,15-17H2,1-8H3/t18-,19+,22+/m0/s1. The van der Waals surface area contributed by atoms with Gasteiger partial charge in [0.05, 0.1) is 19.8 Å². The van der Waals surface area contributed by atoms with Crippen molar-refractivity contribution in [2.75, 3.05) is 20.3 Å². The zero-order valence-electron chi connectivity index (χ0n) is 18.8. The number of benzene rings is 1. The van der Waals surface area contributed by atoms with Crippen molar-refractivity contribution in [3.63, 3.8) is 0 Å². The van der Waals surface area contributed by atoms with Gasteiger partial charge in [0, 0.05) is 18.4 Å². The predicted molar refractivity (Wildman–Crippen MR) is 118 cm³/mol. The fourth-order valence-corrected chi connectivity index (χ4v) is 3.49. The maximum atomic E-state index is 10.6. The first kappa shape index (κ1) is 24.7. The summed E-state index contributed by atoms with van der Waals surface area (Å²) in [6, 6.07) is 7.78. The van der Waals surface area contributed by atoms with Gasteiger partial charge in [0.1, 0.15) is 12.4 Å². The van der Waals surface area contributed by atoms with Gasteiger partial charge in [-0.1, -0.05) is 51.7 Å². The molecule has 3 atom stereocenters. The van der Waals surface area contributed by atoms with Crippen molar-refractivity contribution in [2.24, 2.45) is 11.8 Å². The summed E-state index contributed by atoms with van der Waals surface area (Å²) in [6.45, 7) is 16.5. The zero-order chi connectivity index (χ0) is 21.4. The summed E-state index contributed by atoms with van der Waals surface area (Å²) >= 11 is 0. The molecule has 28 heavy (non-hydrogen) atoms. The normalized spacial score (nSPS) is 15.3. The predicted octanol–water partition coefficient (Wildman–Crippen LogP) is 4.87. The molecule has 0 saturated heterocycles. The van der Waals surface area contributed by atoms with Crippen LogP contribution in [0.3, 0.4) is 0 Å². The van der Waals surface area contributed by atoms with Crippen molar-refractivity contribution in [2.45, 2.75) is 65.5 Å². The maximum Gasteiger partial charge on any atom is 0.191 e. The van der Waals surface area contributed by atoms with E-state index in [1.807, 2.05) is 38.1 Å². The van der Waals surface area contributed by atoms with Crippen LogP contribution in [-0.4, -0.2) is 39.9 Å². The van der Waals surface area contributed by atoms with Crippen molar-refractivity contribution in [1.29, 1.82) is 0 Å². The van der Waals surface area contributed by atoms with Crippen molar-refractivity contribution in [3.05, 3.63) is 29.8 Å². The van der Waals surface area contributed by atoms with E-state index in [4.69, 9.17) is 13.9 Å². The SMILES string of the molecule is COc1ccc(COCC#C[C@H](C)[C@@H](O)[C@H](C)CO[Si](C)(C)C(C)(C)C)cc1. The van der Waals surface area contributed by atoms with Crippen LogP contribution in [0.25, 0.3) is 0 Å². The molecule has 0 bridgehead atoms. The van der Waals surface area contributed by atoms with Crippen LogP contribution in [0.5, 0.6) is 5.75 Å². The molecule has 0 aliphatic heterocycles. The van der Waals surface area contributed by atoms with Crippen molar-refractivity contribution in [1.82, 2.24) is 0 Å². The lowest BCUT2D eigenvalue weighted by atomic mass is 9.94. The molecule has 0 radical (unpaired) electrons. The molecule has 0 heterocycles. The smallest absolute Gasteiger partial charge is 0.191 e. The van der Waals surface area contributed by atoms with E-state index in [0.717, 1.165) is 11.3 Å². The highest BCUT2D eigenvalue weighted by Crippen LogP contribution is 2.37. The second-order valence-electron chi connectivity index (χ2n) is 8.99. The van der Waals surface area contributed by atoms with Crippen molar-refractivity contribution in [3.8, 4) is 17.6 Å². The Labute approximate surface area is 172 Å². The molecule has 0 aliphatic rings.